The number of hydrogen-bond donors (Lipinski definition) is 3. The Balaban J connectivity index is 1.63. The van der Waals surface area contributed by atoms with Gasteiger partial charge in [0.1, 0.15) is 5.78 Å². The van der Waals surface area contributed by atoms with Gasteiger partial charge in [-0.25, -0.2) is 0 Å². The molecule has 0 aromatic carbocycles. The van der Waals surface area contributed by atoms with Crippen LogP contribution >= 0.6 is 0 Å². The van der Waals surface area contributed by atoms with Crippen LogP contribution in [0.3, 0.4) is 0 Å². The van der Waals surface area contributed by atoms with Gasteiger partial charge < -0.3 is 10.2 Å². The molecule has 7 nitrogen and oxygen atoms in total. The Morgan fingerprint density at radius 3 is 2.59 bits per heavy atom. The van der Waals surface area contributed by atoms with E-state index in [1.165, 1.54) is 6.42 Å². The van der Waals surface area contributed by atoms with Gasteiger partial charge >= 0.3 is 0 Å². The number of nitrogens with zero attached hydrogens (tertiary/aromatic N) is 3. The van der Waals surface area contributed by atoms with Crippen LogP contribution in [0, 0.1) is 11.8 Å². The second kappa shape index (κ2) is 12.7. The molecule has 1 aliphatic rings. The normalized spacial score (nSPS) is 22.9. The second-order valence-electron chi connectivity index (χ2n) is 7.57. The molecule has 0 spiro atoms. The summed E-state index contributed by atoms with van der Waals surface area (Å²) in [6.45, 7) is 0.280. The van der Waals surface area contributed by atoms with Gasteiger partial charge in [0.2, 0.25) is 0 Å². The highest BCUT2D eigenvalue weighted by Crippen LogP contribution is 2.35. The van der Waals surface area contributed by atoms with Crippen LogP contribution in [0.5, 0.6) is 0 Å². The molecule has 7 heteroatoms. The quantitative estimate of drug-likeness (QED) is 0.339. The lowest BCUT2D eigenvalue weighted by Gasteiger charge is -2.19. The van der Waals surface area contributed by atoms with E-state index >= 15 is 0 Å². The maximum Gasteiger partial charge on any atom is 0.174 e. The number of ketones is 1. The highest BCUT2D eigenvalue weighted by molar-refractivity contribution is 5.84. The second-order valence-corrected chi connectivity index (χ2v) is 7.57. The first-order valence-electron chi connectivity index (χ1n) is 10.4. The van der Waals surface area contributed by atoms with E-state index in [1.807, 2.05) is 0 Å². The number of rotatable bonds is 14. The monoisotopic (exact) mass is 378 g/mol. The van der Waals surface area contributed by atoms with Crippen molar-refractivity contribution in [3.05, 3.63) is 18.0 Å². The zero-order valence-corrected chi connectivity index (χ0v) is 16.2. The van der Waals surface area contributed by atoms with Crippen LogP contribution in [0.25, 0.3) is 0 Å². The van der Waals surface area contributed by atoms with Crippen molar-refractivity contribution in [2.24, 2.45) is 11.8 Å². The first-order chi connectivity index (χ1) is 13.2. The Morgan fingerprint density at radius 1 is 1.07 bits per heavy atom. The highest BCUT2D eigenvalue weighted by Gasteiger charge is 2.39. The van der Waals surface area contributed by atoms with Crippen molar-refractivity contribution in [2.75, 3.05) is 6.61 Å². The number of aliphatic hydroxyl groups is 2. The molecule has 1 saturated carbocycles. The number of unbranched alkanes of at least 4 members (excludes halogenated alkanes) is 6. The third-order valence-electron chi connectivity index (χ3n) is 5.50. The van der Waals surface area contributed by atoms with E-state index in [2.05, 4.69) is 32.8 Å². The lowest BCUT2D eigenvalue weighted by atomic mass is 9.86. The summed E-state index contributed by atoms with van der Waals surface area (Å²) in [5, 5.41) is 32.9. The molecule has 0 radical (unpaired) electrons. The van der Waals surface area contributed by atoms with Gasteiger partial charge in [0, 0.05) is 25.4 Å². The van der Waals surface area contributed by atoms with Crippen LogP contribution in [-0.4, -0.2) is 49.3 Å². The van der Waals surface area contributed by atoms with Crippen LogP contribution in [0.2, 0.25) is 0 Å². The van der Waals surface area contributed by atoms with Gasteiger partial charge in [0.05, 0.1) is 6.10 Å². The van der Waals surface area contributed by atoms with Gasteiger partial charge in [-0.1, -0.05) is 49.5 Å². The average molecular weight is 379 g/mol. The standard InChI is InChI=1S/C20H34N4O3/c25-14-10-6-2-1-3-7-11-16-17(19(27)15-18(16)26)12-8-4-5-9-13-20-21-23-24-22-20/h4,8,16-18,25-26H,1-3,5-7,9-15H2,(H,21,22,23,24)/b8-4-/t16-,17+,18+/m1/s1. The topological polar surface area (TPSA) is 112 Å². The van der Waals surface area contributed by atoms with Crippen LogP contribution in [0.15, 0.2) is 12.2 Å². The van der Waals surface area contributed by atoms with Crippen molar-refractivity contribution < 1.29 is 15.0 Å². The zero-order chi connectivity index (χ0) is 19.3. The van der Waals surface area contributed by atoms with E-state index in [4.69, 9.17) is 5.11 Å². The number of nitrogens with one attached hydrogen (secondary N) is 1. The third-order valence-corrected chi connectivity index (χ3v) is 5.50. The largest absolute Gasteiger partial charge is 0.396 e. The van der Waals surface area contributed by atoms with E-state index in [1.54, 1.807) is 0 Å². The number of carbonyl (C=O) groups is 1. The smallest absolute Gasteiger partial charge is 0.174 e. The number of Topliss-reactive ketones (excluding diaryl/α,β-unsaturated/α-hetero) is 1. The van der Waals surface area contributed by atoms with Crippen LogP contribution < -0.4 is 0 Å². The zero-order valence-electron chi connectivity index (χ0n) is 16.2. The van der Waals surface area contributed by atoms with Crippen molar-refractivity contribution in [1.82, 2.24) is 20.6 Å². The lowest BCUT2D eigenvalue weighted by Crippen LogP contribution is -2.20. The van der Waals surface area contributed by atoms with Crippen LogP contribution in [0.1, 0.15) is 76.5 Å². The summed E-state index contributed by atoms with van der Waals surface area (Å²) in [4.78, 5) is 12.2. The molecule has 1 heterocycles. The van der Waals surface area contributed by atoms with Crippen molar-refractivity contribution in [3.63, 3.8) is 0 Å². The molecule has 1 aliphatic carbocycles. The van der Waals surface area contributed by atoms with E-state index in [-0.39, 0.29) is 24.2 Å². The number of aliphatic hydroxyl groups excluding tert-OH is 2. The fourth-order valence-corrected chi connectivity index (χ4v) is 3.94. The van der Waals surface area contributed by atoms with Gasteiger partial charge in [0.15, 0.2) is 5.82 Å². The number of hydrogen-bond acceptors (Lipinski definition) is 6. The molecule has 3 N–H and O–H groups in total. The van der Waals surface area contributed by atoms with E-state index in [0.29, 0.717) is 6.42 Å². The molecule has 1 aromatic heterocycles. The maximum atomic E-state index is 12.2. The predicted octanol–water partition coefficient (Wildman–Crippen LogP) is 2.76. The molecular formula is C20H34N4O3. The van der Waals surface area contributed by atoms with Crippen LogP contribution in [0.4, 0.5) is 0 Å². The molecule has 0 aliphatic heterocycles. The Morgan fingerprint density at radius 2 is 1.85 bits per heavy atom. The summed E-state index contributed by atoms with van der Waals surface area (Å²) in [6, 6.07) is 0. The number of aromatic nitrogens is 4. The minimum absolute atomic E-state index is 0.0251. The van der Waals surface area contributed by atoms with Gasteiger partial charge in [-0.15, -0.1) is 10.2 Å². The highest BCUT2D eigenvalue weighted by atomic mass is 16.3. The Labute approximate surface area is 161 Å². The Kier molecular flexibility index (Phi) is 10.2. The fourth-order valence-electron chi connectivity index (χ4n) is 3.94. The summed E-state index contributed by atoms with van der Waals surface area (Å²) in [6.07, 6.45) is 14.9. The number of allylic oxidation sites excluding steroid dienone is 2. The van der Waals surface area contributed by atoms with Gasteiger partial charge in [0.25, 0.3) is 0 Å². The van der Waals surface area contributed by atoms with Crippen molar-refractivity contribution in [1.29, 1.82) is 0 Å². The van der Waals surface area contributed by atoms with Gasteiger partial charge in [-0.2, -0.15) is 5.21 Å². The molecule has 0 amide bonds. The summed E-state index contributed by atoms with van der Waals surface area (Å²) < 4.78 is 0. The number of aromatic amines is 1. The minimum atomic E-state index is -0.469. The molecule has 0 bridgehead atoms. The third kappa shape index (κ3) is 7.89. The Hall–Kier alpha value is -1.60. The number of carbonyl (C=O) groups excluding carboxylic acids is 1. The first kappa shape index (κ1) is 21.7. The van der Waals surface area contributed by atoms with Gasteiger partial charge in [-0.3, -0.25) is 4.79 Å². The number of H-pyrrole nitrogens is 1. The average Bonchev–Trinajstić information content (AvgIpc) is 3.26. The molecular weight excluding hydrogens is 344 g/mol. The summed E-state index contributed by atoms with van der Waals surface area (Å²) in [5.41, 5.74) is 0. The number of tetrazole rings is 1. The lowest BCUT2D eigenvalue weighted by molar-refractivity contribution is -0.121. The van der Waals surface area contributed by atoms with E-state index < -0.39 is 6.10 Å². The summed E-state index contributed by atoms with van der Waals surface area (Å²) in [5.74, 6) is 1.03. The minimum Gasteiger partial charge on any atom is -0.396 e. The molecule has 27 heavy (non-hydrogen) atoms. The summed E-state index contributed by atoms with van der Waals surface area (Å²) in [7, 11) is 0. The van der Waals surface area contributed by atoms with E-state index in [9.17, 15) is 9.90 Å². The predicted molar refractivity (Wildman–Crippen MR) is 103 cm³/mol. The van der Waals surface area contributed by atoms with Crippen LogP contribution in [-0.2, 0) is 11.2 Å². The Bertz CT molecular complexity index is 547. The summed E-state index contributed by atoms with van der Waals surface area (Å²) >= 11 is 0. The van der Waals surface area contributed by atoms with Crippen molar-refractivity contribution >= 4 is 5.78 Å². The molecule has 1 fully saturated rings. The fraction of sp³-hybridized carbons (Fsp3) is 0.800. The molecule has 3 atom stereocenters. The first-order valence-corrected chi connectivity index (χ1v) is 10.4. The molecule has 1 aromatic rings. The van der Waals surface area contributed by atoms with Crippen molar-refractivity contribution in [2.45, 2.75) is 83.2 Å². The molecule has 0 unspecified atom stereocenters. The number of aryl methyl sites for hydroxylation is 1. The molecule has 152 valence electrons. The van der Waals surface area contributed by atoms with E-state index in [0.717, 1.165) is 70.0 Å². The SMILES string of the molecule is O=C1C[C@H](O)[C@H](CCCCCCCCO)[C@@H]1C/C=C\CCCc1nn[nH]n1. The maximum absolute atomic E-state index is 12.2. The van der Waals surface area contributed by atoms with Gasteiger partial charge in [-0.05, 0) is 38.0 Å². The molecule has 2 rings (SSSR count). The molecule has 0 saturated heterocycles. The van der Waals surface area contributed by atoms with Crippen molar-refractivity contribution in [3.8, 4) is 0 Å².